The molecule has 1 heterocycles. The first-order valence-corrected chi connectivity index (χ1v) is 9.77. The Labute approximate surface area is 174 Å². The first-order valence-electron chi connectivity index (χ1n) is 9.77. The average Bonchev–Trinajstić information content (AvgIpc) is 2.79. The third kappa shape index (κ3) is 3.96. The van der Waals surface area contributed by atoms with Crippen molar-refractivity contribution in [3.8, 4) is 17.2 Å². The van der Waals surface area contributed by atoms with E-state index in [2.05, 4.69) is 0 Å². The quantitative estimate of drug-likeness (QED) is 0.460. The molecule has 0 bridgehead atoms. The molecule has 30 heavy (non-hydrogen) atoms. The van der Waals surface area contributed by atoms with Crippen LogP contribution in [0.15, 0.2) is 77.6 Å². The fraction of sp³-hybridized carbons (Fsp3) is 0.120. The van der Waals surface area contributed by atoms with E-state index < -0.39 is 0 Å². The highest BCUT2D eigenvalue weighted by molar-refractivity contribution is 5.80. The van der Waals surface area contributed by atoms with Crippen LogP contribution >= 0.6 is 0 Å². The van der Waals surface area contributed by atoms with Crippen LogP contribution in [0.5, 0.6) is 11.5 Å². The highest BCUT2D eigenvalue weighted by Gasteiger charge is 2.11. The molecule has 0 amide bonds. The predicted molar refractivity (Wildman–Crippen MR) is 120 cm³/mol. The molecule has 1 aromatic heterocycles. The van der Waals surface area contributed by atoms with E-state index in [-0.39, 0.29) is 5.56 Å². The molecule has 0 aliphatic carbocycles. The van der Waals surface area contributed by atoms with Gasteiger partial charge in [-0.1, -0.05) is 30.3 Å². The van der Waals surface area contributed by atoms with Gasteiger partial charge in [0.25, 0.3) is 5.56 Å². The zero-order valence-corrected chi connectivity index (χ0v) is 16.9. The Hall–Kier alpha value is -3.86. The molecular weight excluding hydrogens is 376 g/mol. The second-order valence-corrected chi connectivity index (χ2v) is 6.66. The summed E-state index contributed by atoms with van der Waals surface area (Å²) in [5.41, 5.74) is 2.27. The summed E-state index contributed by atoms with van der Waals surface area (Å²) in [6, 6.07) is 22.5. The maximum atomic E-state index is 13.3. The predicted octanol–water partition coefficient (Wildman–Crippen LogP) is 4.96. The van der Waals surface area contributed by atoms with Crippen LogP contribution in [0.25, 0.3) is 28.7 Å². The Balaban J connectivity index is 1.81. The van der Waals surface area contributed by atoms with Gasteiger partial charge in [-0.05, 0) is 67.1 Å². The Kier molecular flexibility index (Phi) is 5.61. The van der Waals surface area contributed by atoms with E-state index in [9.17, 15) is 4.79 Å². The second-order valence-electron chi connectivity index (χ2n) is 6.66. The largest absolute Gasteiger partial charge is 0.497 e. The van der Waals surface area contributed by atoms with Crippen LogP contribution in [0.3, 0.4) is 0 Å². The molecule has 3 aromatic carbocycles. The van der Waals surface area contributed by atoms with E-state index in [0.717, 1.165) is 22.7 Å². The summed E-state index contributed by atoms with van der Waals surface area (Å²) in [6.45, 7) is 2.59. The zero-order valence-electron chi connectivity index (χ0n) is 16.9. The molecule has 0 spiro atoms. The van der Waals surface area contributed by atoms with E-state index in [1.165, 1.54) is 0 Å². The van der Waals surface area contributed by atoms with Crippen LogP contribution in [0.1, 0.15) is 18.3 Å². The number of hydrogen-bond acceptors (Lipinski definition) is 4. The topological polar surface area (TPSA) is 53.3 Å². The van der Waals surface area contributed by atoms with Crippen molar-refractivity contribution in [2.45, 2.75) is 6.92 Å². The number of benzene rings is 3. The summed E-state index contributed by atoms with van der Waals surface area (Å²) >= 11 is 0. The summed E-state index contributed by atoms with van der Waals surface area (Å²) in [5, 5.41) is 0.575. The molecule has 150 valence electrons. The van der Waals surface area contributed by atoms with Gasteiger partial charge < -0.3 is 9.47 Å². The number of ether oxygens (including phenoxy) is 2. The number of fused-ring (bicyclic) bond motifs is 1. The number of methoxy groups -OCH3 is 1. The SMILES string of the molecule is CCOc1ccc(/C=C/c2nc3ccccc3c(=O)n2-c2ccc(OC)cc2)cc1. The molecule has 0 aliphatic heterocycles. The van der Waals surface area contributed by atoms with E-state index in [0.29, 0.717) is 23.3 Å². The van der Waals surface area contributed by atoms with Crippen LogP contribution in [0.2, 0.25) is 0 Å². The van der Waals surface area contributed by atoms with Gasteiger partial charge in [-0.2, -0.15) is 0 Å². The summed E-state index contributed by atoms with van der Waals surface area (Å²) in [7, 11) is 1.61. The minimum atomic E-state index is -0.114. The van der Waals surface area contributed by atoms with Crippen molar-refractivity contribution in [2.75, 3.05) is 13.7 Å². The van der Waals surface area contributed by atoms with Crippen LogP contribution in [0.4, 0.5) is 0 Å². The van der Waals surface area contributed by atoms with E-state index in [1.54, 1.807) is 17.7 Å². The molecule has 0 saturated carbocycles. The lowest BCUT2D eigenvalue weighted by Gasteiger charge is -2.12. The van der Waals surface area contributed by atoms with Crippen molar-refractivity contribution < 1.29 is 9.47 Å². The first kappa shape index (κ1) is 19.5. The van der Waals surface area contributed by atoms with Crippen molar-refractivity contribution >= 4 is 23.1 Å². The molecule has 4 rings (SSSR count). The van der Waals surface area contributed by atoms with Gasteiger partial charge in [-0.25, -0.2) is 4.98 Å². The number of nitrogens with zero attached hydrogens (tertiary/aromatic N) is 2. The van der Waals surface area contributed by atoms with Crippen LogP contribution in [-0.2, 0) is 0 Å². The van der Waals surface area contributed by atoms with Crippen LogP contribution in [-0.4, -0.2) is 23.3 Å². The average molecular weight is 398 g/mol. The third-order valence-corrected chi connectivity index (χ3v) is 4.75. The van der Waals surface area contributed by atoms with Crippen LogP contribution < -0.4 is 15.0 Å². The van der Waals surface area contributed by atoms with Gasteiger partial charge in [-0.3, -0.25) is 9.36 Å². The number of aromatic nitrogens is 2. The molecule has 0 N–H and O–H groups in total. The van der Waals surface area contributed by atoms with Crippen molar-refractivity contribution in [3.05, 3.63) is 94.5 Å². The smallest absolute Gasteiger partial charge is 0.266 e. The highest BCUT2D eigenvalue weighted by Crippen LogP contribution is 2.19. The third-order valence-electron chi connectivity index (χ3n) is 4.75. The number of hydrogen-bond donors (Lipinski definition) is 0. The number of para-hydroxylation sites is 1. The minimum absolute atomic E-state index is 0.114. The molecule has 0 radical (unpaired) electrons. The first-order chi connectivity index (χ1) is 14.7. The Bertz CT molecular complexity index is 1240. The molecule has 0 aliphatic rings. The Morgan fingerprint density at radius 2 is 1.60 bits per heavy atom. The molecule has 4 aromatic rings. The Morgan fingerprint density at radius 1 is 0.900 bits per heavy atom. The molecule has 0 unspecified atom stereocenters. The second kappa shape index (κ2) is 8.66. The van der Waals surface area contributed by atoms with Crippen molar-refractivity contribution in [1.29, 1.82) is 0 Å². The number of rotatable bonds is 6. The normalized spacial score (nSPS) is 11.1. The van der Waals surface area contributed by atoms with Crippen molar-refractivity contribution in [3.63, 3.8) is 0 Å². The molecule has 0 atom stereocenters. The minimum Gasteiger partial charge on any atom is -0.497 e. The maximum absolute atomic E-state index is 13.3. The van der Waals surface area contributed by atoms with Gasteiger partial charge in [0, 0.05) is 0 Å². The van der Waals surface area contributed by atoms with E-state index in [1.807, 2.05) is 85.8 Å². The summed E-state index contributed by atoms with van der Waals surface area (Å²) < 4.78 is 12.3. The lowest BCUT2D eigenvalue weighted by atomic mass is 10.2. The Morgan fingerprint density at radius 3 is 2.30 bits per heavy atom. The van der Waals surface area contributed by atoms with Gasteiger partial charge in [0.05, 0.1) is 30.3 Å². The lowest BCUT2D eigenvalue weighted by molar-refractivity contribution is 0.340. The standard InChI is InChI=1S/C25H22N2O3/c1-3-30-21-13-8-18(9-14-21)10-17-24-26-23-7-5-4-6-22(23)25(28)27(24)19-11-15-20(29-2)16-12-19/h4-17H,3H2,1-2H3/b17-10+. The van der Waals surface area contributed by atoms with Crippen molar-refractivity contribution in [1.82, 2.24) is 9.55 Å². The van der Waals surface area contributed by atoms with Gasteiger partial charge in [-0.15, -0.1) is 0 Å². The van der Waals surface area contributed by atoms with Crippen LogP contribution in [0, 0.1) is 0 Å². The molecule has 5 heteroatoms. The highest BCUT2D eigenvalue weighted by atomic mass is 16.5. The monoisotopic (exact) mass is 398 g/mol. The summed E-state index contributed by atoms with van der Waals surface area (Å²) in [6.07, 6.45) is 3.79. The fourth-order valence-electron chi connectivity index (χ4n) is 3.26. The lowest BCUT2D eigenvalue weighted by Crippen LogP contribution is -2.22. The van der Waals surface area contributed by atoms with Gasteiger partial charge in [0.1, 0.15) is 17.3 Å². The van der Waals surface area contributed by atoms with Crippen molar-refractivity contribution in [2.24, 2.45) is 0 Å². The molecule has 0 fully saturated rings. The summed E-state index contributed by atoms with van der Waals surface area (Å²) in [4.78, 5) is 18.0. The molecule has 0 saturated heterocycles. The maximum Gasteiger partial charge on any atom is 0.266 e. The molecular formula is C25H22N2O3. The van der Waals surface area contributed by atoms with E-state index >= 15 is 0 Å². The van der Waals surface area contributed by atoms with Gasteiger partial charge in [0.15, 0.2) is 0 Å². The van der Waals surface area contributed by atoms with Gasteiger partial charge >= 0.3 is 0 Å². The summed E-state index contributed by atoms with van der Waals surface area (Å²) in [5.74, 6) is 2.11. The zero-order chi connectivity index (χ0) is 20.9. The molecule has 5 nitrogen and oxygen atoms in total. The van der Waals surface area contributed by atoms with Gasteiger partial charge in [0.2, 0.25) is 0 Å². The fourth-order valence-corrected chi connectivity index (χ4v) is 3.26. The van der Waals surface area contributed by atoms with E-state index in [4.69, 9.17) is 14.5 Å².